The Balaban J connectivity index is 2.14. The molecule has 0 atom stereocenters. The molecular formula is C15H15BrClNO. The number of rotatable bonds is 3. The molecule has 0 radical (unpaired) electrons. The topological polar surface area (TPSA) is 32.3 Å². The number of halogens is 2. The third-order valence-electron chi connectivity index (χ3n) is 2.96. The van der Waals surface area contributed by atoms with E-state index in [-0.39, 0.29) is 0 Å². The van der Waals surface area contributed by atoms with Crippen molar-refractivity contribution in [3.05, 3.63) is 56.5 Å². The van der Waals surface area contributed by atoms with E-state index in [0.29, 0.717) is 17.3 Å². The first kappa shape index (κ1) is 14.2. The van der Waals surface area contributed by atoms with Crippen LogP contribution in [0.5, 0.6) is 5.75 Å². The lowest BCUT2D eigenvalue weighted by Crippen LogP contribution is -2.01. The van der Waals surface area contributed by atoms with Gasteiger partial charge in [0.1, 0.15) is 5.75 Å². The predicted octanol–water partition coefficient (Wildman–Crippen LogP) is 5.04. The third-order valence-corrected chi connectivity index (χ3v) is 3.77. The van der Waals surface area contributed by atoms with Crippen molar-refractivity contribution in [2.24, 2.45) is 0 Å². The zero-order valence-corrected chi connectivity index (χ0v) is 13.1. The SMILES string of the molecule is Cc1cc(CNc2ccc(Br)cc2Cl)cc(C)c1O. The molecule has 0 fully saturated rings. The van der Waals surface area contributed by atoms with Crippen molar-refractivity contribution in [3.8, 4) is 5.75 Å². The summed E-state index contributed by atoms with van der Waals surface area (Å²) in [5, 5.41) is 13.7. The van der Waals surface area contributed by atoms with Crippen LogP contribution in [-0.2, 0) is 6.54 Å². The summed E-state index contributed by atoms with van der Waals surface area (Å²) < 4.78 is 0.958. The highest BCUT2D eigenvalue weighted by Crippen LogP contribution is 2.27. The van der Waals surface area contributed by atoms with Gasteiger partial charge in [-0.1, -0.05) is 39.7 Å². The Morgan fingerprint density at radius 1 is 1.16 bits per heavy atom. The average Bonchev–Trinajstić information content (AvgIpc) is 2.34. The normalized spacial score (nSPS) is 10.5. The highest BCUT2D eigenvalue weighted by atomic mass is 79.9. The van der Waals surface area contributed by atoms with Gasteiger partial charge >= 0.3 is 0 Å². The van der Waals surface area contributed by atoms with Gasteiger partial charge in [0.15, 0.2) is 0 Å². The number of nitrogens with one attached hydrogen (secondary N) is 1. The molecule has 2 aromatic rings. The fourth-order valence-corrected chi connectivity index (χ4v) is 2.72. The molecule has 2 N–H and O–H groups in total. The number of anilines is 1. The Hall–Kier alpha value is -1.19. The fourth-order valence-electron chi connectivity index (χ4n) is 1.98. The fraction of sp³-hybridized carbons (Fsp3) is 0.200. The molecule has 19 heavy (non-hydrogen) atoms. The Kier molecular flexibility index (Phi) is 4.38. The van der Waals surface area contributed by atoms with Crippen LogP contribution in [0.15, 0.2) is 34.8 Å². The molecule has 0 saturated carbocycles. The Morgan fingerprint density at radius 3 is 2.37 bits per heavy atom. The van der Waals surface area contributed by atoms with E-state index in [1.807, 2.05) is 44.2 Å². The second-order valence-corrected chi connectivity index (χ2v) is 5.88. The van der Waals surface area contributed by atoms with Gasteiger partial charge in [-0.3, -0.25) is 0 Å². The van der Waals surface area contributed by atoms with Crippen LogP contribution in [0, 0.1) is 13.8 Å². The zero-order valence-electron chi connectivity index (χ0n) is 10.8. The lowest BCUT2D eigenvalue weighted by molar-refractivity contribution is 0.466. The first-order valence-electron chi connectivity index (χ1n) is 5.95. The molecular weight excluding hydrogens is 326 g/mol. The zero-order chi connectivity index (χ0) is 14.0. The summed E-state index contributed by atoms with van der Waals surface area (Å²) >= 11 is 9.53. The van der Waals surface area contributed by atoms with Crippen LogP contribution in [0.3, 0.4) is 0 Å². The van der Waals surface area contributed by atoms with Crippen molar-refractivity contribution >= 4 is 33.2 Å². The highest BCUT2D eigenvalue weighted by molar-refractivity contribution is 9.10. The van der Waals surface area contributed by atoms with E-state index in [2.05, 4.69) is 21.2 Å². The van der Waals surface area contributed by atoms with Crippen molar-refractivity contribution < 1.29 is 5.11 Å². The Morgan fingerprint density at radius 2 is 1.79 bits per heavy atom. The van der Waals surface area contributed by atoms with Crippen LogP contribution >= 0.6 is 27.5 Å². The van der Waals surface area contributed by atoms with Crippen LogP contribution in [0.1, 0.15) is 16.7 Å². The largest absolute Gasteiger partial charge is 0.507 e. The molecule has 0 spiro atoms. The number of hydrogen-bond donors (Lipinski definition) is 2. The van der Waals surface area contributed by atoms with Crippen LogP contribution < -0.4 is 5.32 Å². The van der Waals surface area contributed by atoms with Crippen LogP contribution in [-0.4, -0.2) is 5.11 Å². The van der Waals surface area contributed by atoms with E-state index >= 15 is 0 Å². The number of phenols is 1. The summed E-state index contributed by atoms with van der Waals surface area (Å²) in [5.41, 5.74) is 3.79. The second kappa shape index (κ2) is 5.85. The molecule has 0 aromatic heterocycles. The lowest BCUT2D eigenvalue weighted by Gasteiger charge is -2.11. The van der Waals surface area contributed by atoms with Crippen LogP contribution in [0.25, 0.3) is 0 Å². The molecule has 0 aliphatic carbocycles. The standard InChI is InChI=1S/C15H15BrClNO/c1-9-5-11(6-10(2)15(9)19)8-18-14-4-3-12(16)7-13(14)17/h3-7,18-19H,8H2,1-2H3. The van der Waals surface area contributed by atoms with E-state index in [1.165, 1.54) is 0 Å². The van der Waals surface area contributed by atoms with Crippen molar-refractivity contribution in [2.75, 3.05) is 5.32 Å². The first-order chi connectivity index (χ1) is 8.97. The summed E-state index contributed by atoms with van der Waals surface area (Å²) in [6.07, 6.45) is 0. The monoisotopic (exact) mass is 339 g/mol. The molecule has 0 aliphatic heterocycles. The summed E-state index contributed by atoms with van der Waals surface area (Å²) in [7, 11) is 0. The maximum atomic E-state index is 9.74. The van der Waals surface area contributed by atoms with Crippen molar-refractivity contribution in [3.63, 3.8) is 0 Å². The smallest absolute Gasteiger partial charge is 0.121 e. The molecule has 2 aromatic carbocycles. The maximum Gasteiger partial charge on any atom is 0.121 e. The maximum absolute atomic E-state index is 9.74. The molecule has 0 bridgehead atoms. The van der Waals surface area contributed by atoms with Gasteiger partial charge in [-0.15, -0.1) is 0 Å². The molecule has 2 nitrogen and oxygen atoms in total. The highest BCUT2D eigenvalue weighted by Gasteiger charge is 2.05. The van der Waals surface area contributed by atoms with E-state index in [1.54, 1.807) is 0 Å². The molecule has 0 saturated heterocycles. The van der Waals surface area contributed by atoms with E-state index < -0.39 is 0 Å². The van der Waals surface area contributed by atoms with Gasteiger partial charge in [0.2, 0.25) is 0 Å². The summed E-state index contributed by atoms with van der Waals surface area (Å²) in [6.45, 7) is 4.47. The van der Waals surface area contributed by atoms with Crippen molar-refractivity contribution in [1.29, 1.82) is 0 Å². The Bertz CT molecular complexity index is 590. The molecule has 0 heterocycles. The van der Waals surface area contributed by atoms with Crippen molar-refractivity contribution in [1.82, 2.24) is 0 Å². The number of aryl methyl sites for hydroxylation is 2. The number of phenolic OH excluding ortho intramolecular Hbond substituents is 1. The van der Waals surface area contributed by atoms with Gasteiger partial charge < -0.3 is 10.4 Å². The molecule has 2 rings (SSSR count). The number of hydrogen-bond acceptors (Lipinski definition) is 2. The minimum atomic E-state index is 0.366. The van der Waals surface area contributed by atoms with E-state index in [9.17, 15) is 5.11 Å². The Labute approximate surface area is 126 Å². The molecule has 100 valence electrons. The minimum absolute atomic E-state index is 0.366. The van der Waals surface area contributed by atoms with Gasteiger partial charge in [0.05, 0.1) is 10.7 Å². The van der Waals surface area contributed by atoms with Crippen LogP contribution in [0.4, 0.5) is 5.69 Å². The van der Waals surface area contributed by atoms with Crippen LogP contribution in [0.2, 0.25) is 5.02 Å². The molecule has 0 aliphatic rings. The van der Waals surface area contributed by atoms with Crippen molar-refractivity contribution in [2.45, 2.75) is 20.4 Å². The van der Waals surface area contributed by atoms with Gasteiger partial charge in [0, 0.05) is 11.0 Å². The van der Waals surface area contributed by atoms with E-state index in [4.69, 9.17) is 11.6 Å². The average molecular weight is 341 g/mol. The molecule has 0 unspecified atom stereocenters. The van der Waals surface area contributed by atoms with Gasteiger partial charge in [-0.05, 0) is 48.7 Å². The predicted molar refractivity (Wildman–Crippen MR) is 84.1 cm³/mol. The van der Waals surface area contributed by atoms with Gasteiger partial charge in [-0.25, -0.2) is 0 Å². The summed E-state index contributed by atoms with van der Waals surface area (Å²) in [4.78, 5) is 0. The lowest BCUT2D eigenvalue weighted by atomic mass is 10.1. The van der Waals surface area contributed by atoms with Gasteiger partial charge in [0.25, 0.3) is 0 Å². The first-order valence-corrected chi connectivity index (χ1v) is 7.12. The number of benzene rings is 2. The quantitative estimate of drug-likeness (QED) is 0.820. The number of aromatic hydroxyl groups is 1. The summed E-state index contributed by atoms with van der Waals surface area (Å²) in [5.74, 6) is 0.366. The minimum Gasteiger partial charge on any atom is -0.507 e. The summed E-state index contributed by atoms with van der Waals surface area (Å²) in [6, 6.07) is 9.69. The van der Waals surface area contributed by atoms with E-state index in [0.717, 1.165) is 26.9 Å². The molecule has 4 heteroatoms. The third kappa shape index (κ3) is 3.43. The second-order valence-electron chi connectivity index (χ2n) is 4.56. The molecule has 0 amide bonds. The van der Waals surface area contributed by atoms with Gasteiger partial charge in [-0.2, -0.15) is 0 Å².